The molecule has 0 unspecified atom stereocenters. The molecule has 0 bridgehead atoms. The van der Waals surface area contributed by atoms with Gasteiger partial charge in [0.2, 0.25) is 0 Å². The van der Waals surface area contributed by atoms with Crippen molar-refractivity contribution >= 4 is 0 Å². The molecule has 8 heavy (non-hydrogen) atoms. The van der Waals surface area contributed by atoms with Crippen molar-refractivity contribution in [2.24, 2.45) is 0 Å². The van der Waals surface area contributed by atoms with Crippen molar-refractivity contribution in [2.75, 3.05) is 13.6 Å². The first-order chi connectivity index (χ1) is 3.84. The molecule has 1 saturated heterocycles. The van der Waals surface area contributed by atoms with E-state index in [0.29, 0.717) is 4.05 Å². The van der Waals surface area contributed by atoms with Crippen LogP contribution in [0.4, 0.5) is 0 Å². The molecule has 1 atom stereocenters. The zero-order valence-corrected chi connectivity index (χ0v) is 7.13. The molecule has 1 N–H and O–H groups in total. The first-order valence-electron chi connectivity index (χ1n) is 2.82. The molecule has 1 heterocycles. The topological polar surface area (TPSA) is 23.5 Å². The average Bonchev–Trinajstić information content (AvgIpc) is 2.14. The zero-order chi connectivity index (χ0) is 5.98. The quantitative estimate of drug-likeness (QED) is 0.294. The number of rotatable bonds is 1. The first kappa shape index (κ1) is 6.77. The van der Waals surface area contributed by atoms with Crippen molar-refractivity contribution in [2.45, 2.75) is 16.9 Å². The van der Waals surface area contributed by atoms with Crippen molar-refractivity contribution < 1.29 is 25.1 Å². The number of nitrogens with zero attached hydrogens (tertiary/aromatic N) is 1. The Morgan fingerprint density at radius 3 is 2.75 bits per heavy atom. The Morgan fingerprint density at radius 1 is 1.75 bits per heavy atom. The summed E-state index contributed by atoms with van der Waals surface area (Å²) in [5.41, 5.74) is 0. The molecule has 2 nitrogen and oxygen atoms in total. The van der Waals surface area contributed by atoms with Crippen LogP contribution < -0.4 is 21.6 Å². The summed E-state index contributed by atoms with van der Waals surface area (Å²) in [6.07, 6.45) is 2.50. The van der Waals surface area contributed by atoms with E-state index < -0.39 is 21.6 Å². The molecule has 1 aliphatic heterocycles. The van der Waals surface area contributed by atoms with E-state index in [1.807, 2.05) is 0 Å². The first-order valence-corrected chi connectivity index (χ1v) is 5.03. The van der Waals surface area contributed by atoms with E-state index in [0.717, 1.165) is 0 Å². The van der Waals surface area contributed by atoms with E-state index in [1.165, 1.54) is 19.4 Å². The van der Waals surface area contributed by atoms with Crippen molar-refractivity contribution in [1.29, 1.82) is 0 Å². The number of halogens is 1. The van der Waals surface area contributed by atoms with Crippen LogP contribution in [0.15, 0.2) is 0 Å². The van der Waals surface area contributed by atoms with Gasteiger partial charge in [0.1, 0.15) is 0 Å². The molecule has 0 amide bonds. The van der Waals surface area contributed by atoms with Gasteiger partial charge in [0.25, 0.3) is 0 Å². The Morgan fingerprint density at radius 2 is 2.50 bits per heavy atom. The van der Waals surface area contributed by atoms with Crippen LogP contribution in [-0.4, -0.2) is 26.0 Å². The minimum absolute atomic E-state index is 0.510. The fourth-order valence-electron chi connectivity index (χ4n) is 0.993. The third-order valence-corrected chi connectivity index (χ3v) is 3.76. The van der Waals surface area contributed by atoms with Crippen LogP contribution in [0.25, 0.3) is 0 Å². The second kappa shape index (κ2) is 2.98. The summed E-state index contributed by atoms with van der Waals surface area (Å²) in [5, 5.41) is 0. The Labute approximate surface area is 60.7 Å². The van der Waals surface area contributed by atoms with Gasteiger partial charge in [-0.3, -0.25) is 0 Å². The predicted octanol–water partition coefficient (Wildman–Crippen LogP) is -2.97. The fraction of sp³-hybridized carbons (Fsp3) is 1.00. The molecule has 0 aromatic carbocycles. The number of hydrogen-bond donors (Lipinski definition) is 1. The molecule has 0 aromatic heterocycles. The molecular formula is C5H11INO-. The van der Waals surface area contributed by atoms with E-state index in [1.54, 1.807) is 0 Å². The van der Waals surface area contributed by atoms with Crippen LogP contribution in [0.5, 0.6) is 0 Å². The molecule has 0 spiro atoms. The Kier molecular flexibility index (Phi) is 2.52. The molecule has 1 aliphatic rings. The fourth-order valence-corrected chi connectivity index (χ4v) is 2.42. The third-order valence-electron chi connectivity index (χ3n) is 1.54. The van der Waals surface area contributed by atoms with Crippen molar-refractivity contribution in [3.05, 3.63) is 0 Å². The molecule has 3 heteroatoms. The average molecular weight is 228 g/mol. The van der Waals surface area contributed by atoms with Gasteiger partial charge >= 0.3 is 60.4 Å². The summed E-state index contributed by atoms with van der Waals surface area (Å²) < 4.78 is 9.37. The molecule has 1 fully saturated rings. The third kappa shape index (κ3) is 1.33. The molecule has 0 radical (unpaired) electrons. The van der Waals surface area contributed by atoms with Crippen molar-refractivity contribution in [3.8, 4) is 0 Å². The number of alkyl halides is 1. The summed E-state index contributed by atoms with van der Waals surface area (Å²) in [6, 6.07) is 0. The molecule has 0 aliphatic carbocycles. The van der Waals surface area contributed by atoms with Crippen molar-refractivity contribution in [3.63, 3.8) is 0 Å². The van der Waals surface area contributed by atoms with Crippen LogP contribution >= 0.6 is 0 Å². The standard InChI is InChI=1S/C5H11INO/c1-7-4-2-3-5(7)6-8/h5,8H,2-4H2,1H3/q-1/t5-/m0/s1. The van der Waals surface area contributed by atoms with Gasteiger partial charge in [-0.15, -0.1) is 0 Å². The summed E-state index contributed by atoms with van der Waals surface area (Å²) in [4.78, 5) is 2.26. The van der Waals surface area contributed by atoms with E-state index in [2.05, 4.69) is 11.9 Å². The normalized spacial score (nSPS) is 32.0. The second-order valence-electron chi connectivity index (χ2n) is 2.15. The van der Waals surface area contributed by atoms with Crippen molar-refractivity contribution in [1.82, 2.24) is 4.90 Å². The Bertz CT molecular complexity index is 78.8. The molecule has 0 aromatic rings. The zero-order valence-electron chi connectivity index (χ0n) is 4.97. The Hall–Kier alpha value is 0.650. The van der Waals surface area contributed by atoms with Gasteiger partial charge < -0.3 is 0 Å². The second-order valence-corrected chi connectivity index (χ2v) is 4.15. The van der Waals surface area contributed by atoms with Gasteiger partial charge in [-0.05, 0) is 0 Å². The SMILES string of the molecule is CN1CCC[C@H]1[I-]O. The van der Waals surface area contributed by atoms with E-state index >= 15 is 0 Å². The summed E-state index contributed by atoms with van der Waals surface area (Å²) in [6.45, 7) is 1.19. The summed E-state index contributed by atoms with van der Waals surface area (Å²) in [7, 11) is 2.09. The number of likely N-dealkylation sites (tertiary alicyclic amines) is 1. The molecule has 1 rings (SSSR count). The predicted molar refractivity (Wildman–Crippen MR) is 27.9 cm³/mol. The van der Waals surface area contributed by atoms with Crippen LogP contribution in [0.1, 0.15) is 12.8 Å². The van der Waals surface area contributed by atoms with E-state index in [-0.39, 0.29) is 0 Å². The number of hydrogen-bond acceptors (Lipinski definition) is 2. The van der Waals surface area contributed by atoms with Gasteiger partial charge in [-0.25, -0.2) is 0 Å². The molecule has 0 saturated carbocycles. The minimum atomic E-state index is -0.510. The van der Waals surface area contributed by atoms with Crippen LogP contribution in [0.3, 0.4) is 0 Å². The van der Waals surface area contributed by atoms with Crippen LogP contribution in [0, 0.1) is 0 Å². The summed E-state index contributed by atoms with van der Waals surface area (Å²) in [5.74, 6) is 0. The van der Waals surface area contributed by atoms with E-state index in [9.17, 15) is 0 Å². The van der Waals surface area contributed by atoms with Gasteiger partial charge in [0.15, 0.2) is 0 Å². The van der Waals surface area contributed by atoms with Gasteiger partial charge in [-0.1, -0.05) is 0 Å². The molecular weight excluding hydrogens is 217 g/mol. The maximum atomic E-state index is 8.80. The Balaban J connectivity index is 2.30. The van der Waals surface area contributed by atoms with Crippen LogP contribution in [-0.2, 0) is 0 Å². The summed E-state index contributed by atoms with van der Waals surface area (Å²) >= 11 is -0.510. The van der Waals surface area contributed by atoms with E-state index in [4.69, 9.17) is 3.44 Å². The monoisotopic (exact) mass is 228 g/mol. The maximum absolute atomic E-state index is 8.80. The van der Waals surface area contributed by atoms with Gasteiger partial charge in [0, 0.05) is 0 Å². The van der Waals surface area contributed by atoms with Gasteiger partial charge in [-0.2, -0.15) is 0 Å². The molecule has 50 valence electrons. The van der Waals surface area contributed by atoms with Crippen LogP contribution in [0.2, 0.25) is 0 Å². The van der Waals surface area contributed by atoms with Gasteiger partial charge in [0.05, 0.1) is 0 Å².